The molecule has 3 heteroatoms. The maximum absolute atomic E-state index is 11.4. The monoisotopic (exact) mass is 301 g/mol. The summed E-state index contributed by atoms with van der Waals surface area (Å²) in [6.07, 6.45) is 1.59. The minimum atomic E-state index is -0.0749. The van der Waals surface area contributed by atoms with Crippen molar-refractivity contribution in [1.82, 2.24) is 0 Å². The number of para-hydroxylation sites is 1. The van der Waals surface area contributed by atoms with E-state index >= 15 is 0 Å². The number of halogens is 1. The van der Waals surface area contributed by atoms with E-state index in [-0.39, 0.29) is 5.91 Å². The lowest BCUT2D eigenvalue weighted by Crippen LogP contribution is -2.09. The van der Waals surface area contributed by atoms with Crippen LogP contribution < -0.4 is 5.32 Å². The summed E-state index contributed by atoms with van der Waals surface area (Å²) in [5.41, 5.74) is 1.85. The topological polar surface area (TPSA) is 29.1 Å². The number of hydrogen-bond acceptors (Lipinski definition) is 1. The van der Waals surface area contributed by atoms with Gasteiger partial charge in [-0.3, -0.25) is 4.79 Å². The van der Waals surface area contributed by atoms with Crippen LogP contribution in [0.2, 0.25) is 0 Å². The summed E-state index contributed by atoms with van der Waals surface area (Å²) < 4.78 is 1.04. The van der Waals surface area contributed by atoms with Crippen molar-refractivity contribution < 1.29 is 4.79 Å². The molecule has 1 rings (SSSR count). The number of amides is 1. The molecule has 0 aliphatic carbocycles. The molecule has 1 aromatic carbocycles. The van der Waals surface area contributed by atoms with E-state index in [1.54, 1.807) is 6.08 Å². The van der Waals surface area contributed by atoms with Gasteiger partial charge in [0.05, 0.1) is 5.69 Å². The quantitative estimate of drug-likeness (QED) is 0.659. The summed E-state index contributed by atoms with van der Waals surface area (Å²) in [5.74, 6) is -0.0749. The maximum Gasteiger partial charge on any atom is 0.248 e. The Morgan fingerprint density at radius 1 is 1.36 bits per heavy atom. The number of benzene rings is 1. The van der Waals surface area contributed by atoms with E-state index in [2.05, 4.69) is 27.9 Å². The molecule has 0 bridgehead atoms. The van der Waals surface area contributed by atoms with E-state index in [4.69, 9.17) is 0 Å². The van der Waals surface area contributed by atoms with E-state index in [9.17, 15) is 4.79 Å². The van der Waals surface area contributed by atoms with Gasteiger partial charge < -0.3 is 5.32 Å². The predicted molar refractivity (Wildman–Crippen MR) is 67.2 cm³/mol. The van der Waals surface area contributed by atoms with Crippen LogP contribution in [0.5, 0.6) is 0 Å². The van der Waals surface area contributed by atoms with Gasteiger partial charge in [0.2, 0.25) is 5.91 Å². The lowest BCUT2D eigenvalue weighted by molar-refractivity contribution is -0.111. The van der Waals surface area contributed by atoms with Gasteiger partial charge in [0.1, 0.15) is 0 Å². The molecule has 0 unspecified atom stereocenters. The highest BCUT2D eigenvalue weighted by Gasteiger charge is 2.00. The highest BCUT2D eigenvalue weighted by molar-refractivity contribution is 14.1. The largest absolute Gasteiger partial charge is 0.322 e. The molecular weight excluding hydrogens is 289 g/mol. The first-order valence-electron chi connectivity index (χ1n) is 4.30. The molecule has 1 N–H and O–H groups in total. The summed E-state index contributed by atoms with van der Waals surface area (Å²) in [4.78, 5) is 11.4. The first kappa shape index (κ1) is 11.2. The fraction of sp³-hybridized carbons (Fsp3) is 0.182. The third-order valence-corrected chi connectivity index (χ3v) is 2.49. The first-order valence-corrected chi connectivity index (χ1v) is 5.38. The number of rotatable bonds is 2. The minimum absolute atomic E-state index is 0.0749. The second-order valence-electron chi connectivity index (χ2n) is 3.19. The SMILES string of the molecule is CC(C)=CC(=O)Nc1ccccc1I. The van der Waals surface area contributed by atoms with Gasteiger partial charge in [0.15, 0.2) is 0 Å². The van der Waals surface area contributed by atoms with E-state index < -0.39 is 0 Å². The van der Waals surface area contributed by atoms with Crippen molar-refractivity contribution in [3.8, 4) is 0 Å². The van der Waals surface area contributed by atoms with Gasteiger partial charge in [-0.15, -0.1) is 0 Å². The third kappa shape index (κ3) is 3.49. The van der Waals surface area contributed by atoms with Crippen molar-refractivity contribution in [2.24, 2.45) is 0 Å². The number of carbonyl (C=O) groups is 1. The Morgan fingerprint density at radius 3 is 2.57 bits per heavy atom. The molecule has 0 aliphatic heterocycles. The Morgan fingerprint density at radius 2 is 2.00 bits per heavy atom. The van der Waals surface area contributed by atoms with E-state index in [0.29, 0.717) is 0 Å². The summed E-state index contributed by atoms with van der Waals surface area (Å²) >= 11 is 2.19. The molecule has 0 radical (unpaired) electrons. The molecule has 0 heterocycles. The van der Waals surface area contributed by atoms with Crippen LogP contribution in [0.1, 0.15) is 13.8 Å². The standard InChI is InChI=1S/C11H12INO/c1-8(2)7-11(14)13-10-6-4-3-5-9(10)12/h3-7H,1-2H3,(H,13,14). The van der Waals surface area contributed by atoms with Gasteiger partial charge >= 0.3 is 0 Å². The van der Waals surface area contributed by atoms with Gasteiger partial charge in [-0.1, -0.05) is 17.7 Å². The molecule has 74 valence electrons. The van der Waals surface area contributed by atoms with Crippen LogP contribution in [0.4, 0.5) is 5.69 Å². The zero-order valence-corrected chi connectivity index (χ0v) is 10.3. The van der Waals surface area contributed by atoms with E-state index in [0.717, 1.165) is 14.8 Å². The smallest absolute Gasteiger partial charge is 0.248 e. The lowest BCUT2D eigenvalue weighted by atomic mass is 10.3. The van der Waals surface area contributed by atoms with Crippen molar-refractivity contribution >= 4 is 34.2 Å². The molecule has 2 nitrogen and oxygen atoms in total. The summed E-state index contributed by atoms with van der Waals surface area (Å²) in [6.45, 7) is 3.80. The molecule has 0 atom stereocenters. The zero-order chi connectivity index (χ0) is 10.6. The van der Waals surface area contributed by atoms with E-state index in [1.165, 1.54) is 0 Å². The van der Waals surface area contributed by atoms with Crippen LogP contribution in [0.25, 0.3) is 0 Å². The lowest BCUT2D eigenvalue weighted by Gasteiger charge is -2.04. The van der Waals surface area contributed by atoms with Gasteiger partial charge in [-0.2, -0.15) is 0 Å². The molecule has 0 fully saturated rings. The number of anilines is 1. The summed E-state index contributed by atoms with van der Waals surface area (Å²) in [5, 5.41) is 2.82. The Hall–Kier alpha value is -0.840. The van der Waals surface area contributed by atoms with E-state index in [1.807, 2.05) is 38.1 Å². The van der Waals surface area contributed by atoms with Crippen molar-refractivity contribution in [3.05, 3.63) is 39.5 Å². The first-order chi connectivity index (χ1) is 6.59. The fourth-order valence-electron chi connectivity index (χ4n) is 0.994. The van der Waals surface area contributed by atoms with Crippen molar-refractivity contribution in [2.45, 2.75) is 13.8 Å². The van der Waals surface area contributed by atoms with Crippen LogP contribution in [0, 0.1) is 3.57 Å². The van der Waals surface area contributed by atoms with Gasteiger partial charge in [-0.25, -0.2) is 0 Å². The average Bonchev–Trinajstić information content (AvgIpc) is 2.07. The van der Waals surface area contributed by atoms with Gasteiger partial charge in [0.25, 0.3) is 0 Å². The highest BCUT2D eigenvalue weighted by Crippen LogP contribution is 2.16. The number of carbonyl (C=O) groups excluding carboxylic acids is 1. The highest BCUT2D eigenvalue weighted by atomic mass is 127. The Balaban J connectivity index is 2.75. The van der Waals surface area contributed by atoms with Crippen LogP contribution in [0.15, 0.2) is 35.9 Å². The van der Waals surface area contributed by atoms with Crippen molar-refractivity contribution in [1.29, 1.82) is 0 Å². The molecule has 0 spiro atoms. The third-order valence-electron chi connectivity index (χ3n) is 1.55. The second kappa shape index (κ2) is 5.14. The Kier molecular flexibility index (Phi) is 4.13. The average molecular weight is 301 g/mol. The molecule has 1 aromatic rings. The van der Waals surface area contributed by atoms with Crippen molar-refractivity contribution in [3.63, 3.8) is 0 Å². The molecule has 0 aliphatic rings. The Bertz CT molecular complexity index is 367. The van der Waals surface area contributed by atoms with Gasteiger partial charge in [-0.05, 0) is 48.6 Å². The molecule has 0 saturated heterocycles. The predicted octanol–water partition coefficient (Wildman–Crippen LogP) is 3.20. The molecule has 1 amide bonds. The summed E-state index contributed by atoms with van der Waals surface area (Å²) in [6, 6.07) is 7.69. The van der Waals surface area contributed by atoms with Crippen LogP contribution in [-0.4, -0.2) is 5.91 Å². The van der Waals surface area contributed by atoms with Gasteiger partial charge in [0, 0.05) is 9.65 Å². The number of hydrogen-bond donors (Lipinski definition) is 1. The number of allylic oxidation sites excluding steroid dienone is 1. The maximum atomic E-state index is 11.4. The normalized spacial score (nSPS) is 9.36. The summed E-state index contributed by atoms with van der Waals surface area (Å²) in [7, 11) is 0. The number of nitrogens with one attached hydrogen (secondary N) is 1. The molecule has 0 saturated carbocycles. The second-order valence-corrected chi connectivity index (χ2v) is 4.35. The van der Waals surface area contributed by atoms with Crippen LogP contribution in [-0.2, 0) is 4.79 Å². The zero-order valence-electron chi connectivity index (χ0n) is 8.17. The Labute approximate surface area is 97.5 Å². The van der Waals surface area contributed by atoms with Crippen LogP contribution in [0.3, 0.4) is 0 Å². The fourth-order valence-corrected chi connectivity index (χ4v) is 1.52. The van der Waals surface area contributed by atoms with Crippen molar-refractivity contribution in [2.75, 3.05) is 5.32 Å². The molecular formula is C11H12INO. The minimum Gasteiger partial charge on any atom is -0.322 e. The van der Waals surface area contributed by atoms with Crippen LogP contribution >= 0.6 is 22.6 Å². The molecule has 14 heavy (non-hydrogen) atoms. The molecule has 0 aromatic heterocycles.